The second-order valence-electron chi connectivity index (χ2n) is 7.65. The number of ether oxygens (including phenoxy) is 1. The van der Waals surface area contributed by atoms with Gasteiger partial charge in [-0.25, -0.2) is 0 Å². The lowest BCUT2D eigenvalue weighted by atomic mass is 9.64. The first-order valence-corrected chi connectivity index (χ1v) is 7.73. The largest absolute Gasteiger partial charge is 0.369 e. The van der Waals surface area contributed by atoms with Crippen LogP contribution in [0.15, 0.2) is 24.3 Å². The fourth-order valence-electron chi connectivity index (χ4n) is 5.27. The quantitative estimate of drug-likeness (QED) is 0.706. The smallest absolute Gasteiger partial charge is 0.0866 e. The third kappa shape index (κ3) is 1.35. The molecule has 0 N–H and O–H groups in total. The summed E-state index contributed by atoms with van der Waals surface area (Å²) in [5.74, 6) is 1.61. The molecule has 4 atom stereocenters. The molecule has 1 heterocycles. The van der Waals surface area contributed by atoms with Gasteiger partial charge < -0.3 is 4.74 Å². The van der Waals surface area contributed by atoms with E-state index in [1.54, 1.807) is 0 Å². The van der Waals surface area contributed by atoms with Crippen LogP contribution in [0.25, 0.3) is 0 Å². The number of benzene rings is 1. The Kier molecular flexibility index (Phi) is 2.29. The van der Waals surface area contributed by atoms with E-state index >= 15 is 0 Å². The minimum atomic E-state index is 0.353. The van der Waals surface area contributed by atoms with Crippen molar-refractivity contribution in [1.29, 1.82) is 0 Å². The topological polar surface area (TPSA) is 9.23 Å². The van der Waals surface area contributed by atoms with E-state index in [9.17, 15) is 0 Å². The molecule has 2 aliphatic carbocycles. The monoisotopic (exact) mass is 256 g/mol. The lowest BCUT2D eigenvalue weighted by Gasteiger charge is -2.41. The summed E-state index contributed by atoms with van der Waals surface area (Å²) in [6, 6.07) is 8.82. The van der Waals surface area contributed by atoms with Crippen LogP contribution < -0.4 is 0 Å². The predicted octanol–water partition coefficient (Wildman–Crippen LogP) is 4.72. The Morgan fingerprint density at radius 2 is 1.95 bits per heavy atom. The van der Waals surface area contributed by atoms with Crippen molar-refractivity contribution >= 4 is 0 Å². The summed E-state index contributed by atoms with van der Waals surface area (Å²) in [6.07, 6.45) is 4.53. The second kappa shape index (κ2) is 3.63. The van der Waals surface area contributed by atoms with Crippen molar-refractivity contribution in [1.82, 2.24) is 0 Å². The van der Waals surface area contributed by atoms with Gasteiger partial charge in [0.2, 0.25) is 0 Å². The molecule has 2 fully saturated rings. The molecule has 2 unspecified atom stereocenters. The molecule has 2 bridgehead atoms. The average Bonchev–Trinajstić information content (AvgIpc) is 2.96. The van der Waals surface area contributed by atoms with Crippen molar-refractivity contribution in [3.8, 4) is 0 Å². The molecule has 0 amide bonds. The highest BCUT2D eigenvalue weighted by molar-refractivity contribution is 5.33. The molecule has 1 aliphatic heterocycles. The minimum absolute atomic E-state index is 0.353. The normalized spacial score (nSPS) is 42.6. The Morgan fingerprint density at radius 1 is 1.16 bits per heavy atom. The lowest BCUT2D eigenvalue weighted by Crippen LogP contribution is -2.35. The molecule has 3 aliphatic rings. The summed E-state index contributed by atoms with van der Waals surface area (Å²) in [4.78, 5) is 0. The van der Waals surface area contributed by atoms with Gasteiger partial charge in [0.15, 0.2) is 0 Å². The molecule has 1 aromatic carbocycles. The van der Waals surface area contributed by atoms with Gasteiger partial charge in [0.1, 0.15) is 0 Å². The summed E-state index contributed by atoms with van der Waals surface area (Å²) in [7, 11) is 0. The van der Waals surface area contributed by atoms with Gasteiger partial charge >= 0.3 is 0 Å². The molecule has 0 saturated heterocycles. The van der Waals surface area contributed by atoms with Gasteiger partial charge in [0, 0.05) is 0 Å². The Bertz CT molecular complexity index is 518. The van der Waals surface area contributed by atoms with Crippen molar-refractivity contribution in [2.24, 2.45) is 22.7 Å². The first-order chi connectivity index (χ1) is 9.04. The fraction of sp³-hybridized carbons (Fsp3) is 0.667. The van der Waals surface area contributed by atoms with Gasteiger partial charge in [-0.2, -0.15) is 0 Å². The van der Waals surface area contributed by atoms with Crippen molar-refractivity contribution in [3.63, 3.8) is 0 Å². The Labute approximate surface area is 116 Å². The van der Waals surface area contributed by atoms with Gasteiger partial charge in [-0.05, 0) is 53.1 Å². The summed E-state index contributed by atoms with van der Waals surface area (Å²) < 4.78 is 6.22. The van der Waals surface area contributed by atoms with E-state index in [0.717, 1.165) is 12.5 Å². The van der Waals surface area contributed by atoms with Crippen LogP contribution in [0.3, 0.4) is 0 Å². The van der Waals surface area contributed by atoms with Crippen molar-refractivity contribution in [2.75, 3.05) is 0 Å². The molecule has 102 valence electrons. The van der Waals surface area contributed by atoms with Crippen LogP contribution in [0.2, 0.25) is 0 Å². The van der Waals surface area contributed by atoms with Gasteiger partial charge in [-0.15, -0.1) is 0 Å². The van der Waals surface area contributed by atoms with Crippen molar-refractivity contribution in [3.05, 3.63) is 35.4 Å². The molecule has 0 radical (unpaired) electrons. The number of rotatable bonds is 1. The van der Waals surface area contributed by atoms with E-state index in [1.807, 2.05) is 0 Å². The van der Waals surface area contributed by atoms with E-state index < -0.39 is 0 Å². The molecule has 4 rings (SSSR count). The lowest BCUT2D eigenvalue weighted by molar-refractivity contribution is -0.0375. The van der Waals surface area contributed by atoms with Crippen LogP contribution in [0.4, 0.5) is 0 Å². The van der Waals surface area contributed by atoms with Crippen molar-refractivity contribution < 1.29 is 4.74 Å². The zero-order valence-electron chi connectivity index (χ0n) is 12.3. The zero-order valence-corrected chi connectivity index (χ0v) is 12.3. The molecule has 19 heavy (non-hydrogen) atoms. The number of hydrogen-bond acceptors (Lipinski definition) is 1. The van der Waals surface area contributed by atoms with E-state index in [4.69, 9.17) is 4.74 Å². The Balaban J connectivity index is 1.73. The molecule has 0 aromatic heterocycles. The van der Waals surface area contributed by atoms with E-state index in [1.165, 1.54) is 30.4 Å². The minimum Gasteiger partial charge on any atom is -0.369 e. The maximum absolute atomic E-state index is 6.22. The van der Waals surface area contributed by atoms with Gasteiger partial charge in [0.05, 0.1) is 12.7 Å². The van der Waals surface area contributed by atoms with Gasteiger partial charge in [-0.3, -0.25) is 0 Å². The van der Waals surface area contributed by atoms with Crippen LogP contribution in [-0.4, -0.2) is 0 Å². The summed E-state index contributed by atoms with van der Waals surface area (Å²) in [5, 5.41) is 0. The van der Waals surface area contributed by atoms with Crippen LogP contribution in [0.1, 0.15) is 57.3 Å². The maximum atomic E-state index is 6.22. The van der Waals surface area contributed by atoms with Crippen LogP contribution in [0.5, 0.6) is 0 Å². The third-order valence-electron chi connectivity index (χ3n) is 7.01. The Morgan fingerprint density at radius 3 is 2.63 bits per heavy atom. The third-order valence-corrected chi connectivity index (χ3v) is 7.01. The van der Waals surface area contributed by atoms with Crippen LogP contribution in [0, 0.1) is 22.7 Å². The molecular weight excluding hydrogens is 232 g/mol. The fourth-order valence-corrected chi connectivity index (χ4v) is 5.27. The summed E-state index contributed by atoms with van der Waals surface area (Å²) >= 11 is 0. The van der Waals surface area contributed by atoms with Crippen molar-refractivity contribution in [2.45, 2.75) is 52.7 Å². The standard InChI is InChI=1S/C18H24O/c1-17(2)13-8-9-18(17,3)15(10-13)16-14-7-5-4-6-12(14)11-19-16/h4-7,13,15-16H,8-11H2,1-3H3/t13-,15?,16?,18-/m0/s1. The van der Waals surface area contributed by atoms with Crippen LogP contribution in [-0.2, 0) is 11.3 Å². The Hall–Kier alpha value is -0.820. The number of hydrogen-bond donors (Lipinski definition) is 0. The SMILES string of the molecule is CC1(C)[C@H]2CC[C@@]1(C)C(C1OCc3ccccc31)C2. The second-order valence-corrected chi connectivity index (χ2v) is 7.65. The van der Waals surface area contributed by atoms with Crippen LogP contribution >= 0.6 is 0 Å². The molecular formula is C18H24O. The predicted molar refractivity (Wildman–Crippen MR) is 76.7 cm³/mol. The molecule has 0 spiro atoms. The molecule has 1 heteroatoms. The van der Waals surface area contributed by atoms with Gasteiger partial charge in [-0.1, -0.05) is 45.0 Å². The molecule has 1 aromatic rings. The van der Waals surface area contributed by atoms with E-state index in [2.05, 4.69) is 45.0 Å². The van der Waals surface area contributed by atoms with E-state index in [-0.39, 0.29) is 0 Å². The summed E-state index contributed by atoms with van der Waals surface area (Å²) in [5.41, 5.74) is 3.83. The van der Waals surface area contributed by atoms with Gasteiger partial charge in [0.25, 0.3) is 0 Å². The highest BCUT2D eigenvalue weighted by Gasteiger charge is 2.63. The number of fused-ring (bicyclic) bond motifs is 3. The first-order valence-electron chi connectivity index (χ1n) is 7.73. The highest BCUT2D eigenvalue weighted by atomic mass is 16.5. The summed E-state index contributed by atoms with van der Waals surface area (Å²) in [6.45, 7) is 8.32. The average molecular weight is 256 g/mol. The maximum Gasteiger partial charge on any atom is 0.0866 e. The van der Waals surface area contributed by atoms with E-state index in [0.29, 0.717) is 22.9 Å². The highest BCUT2D eigenvalue weighted by Crippen LogP contribution is 2.71. The zero-order chi connectivity index (χ0) is 13.3. The first kappa shape index (κ1) is 12.0. The molecule has 1 nitrogen and oxygen atoms in total. The molecule has 2 saturated carbocycles.